The van der Waals surface area contributed by atoms with Crippen molar-refractivity contribution in [3.8, 4) is 17.2 Å². The summed E-state index contributed by atoms with van der Waals surface area (Å²) in [6.45, 7) is 0.863. The van der Waals surface area contributed by atoms with E-state index in [2.05, 4.69) is 5.32 Å². The molecule has 0 radical (unpaired) electrons. The molecule has 0 saturated heterocycles. The van der Waals surface area contributed by atoms with E-state index in [0.29, 0.717) is 16.3 Å². The summed E-state index contributed by atoms with van der Waals surface area (Å²) in [4.78, 5) is 29.1. The van der Waals surface area contributed by atoms with Gasteiger partial charge in [0, 0.05) is 23.7 Å². The standard InChI is InChI=1S/C33H38Cl3N3O7S/c1-21(33(41)37-24-8-6-5-7-9-24)38(19-22-10-13-26(35)27(36)16-22)32(40)20-39(28-17-23(34)11-14-29(28)44-2)47(42,43)25-12-15-30(45-3)31(18-25)46-4/h10-18,21,24H,5-9,19-20H2,1-4H3,(H,37,41). The lowest BCUT2D eigenvalue weighted by molar-refractivity contribution is -0.139. The van der Waals surface area contributed by atoms with E-state index < -0.39 is 28.5 Å². The van der Waals surface area contributed by atoms with Gasteiger partial charge in [0.05, 0.1) is 42.0 Å². The zero-order chi connectivity index (χ0) is 34.3. The van der Waals surface area contributed by atoms with Crippen molar-refractivity contribution in [3.63, 3.8) is 0 Å². The van der Waals surface area contributed by atoms with Crippen LogP contribution in [0.5, 0.6) is 17.2 Å². The second-order valence-electron chi connectivity index (χ2n) is 11.1. The Morgan fingerprint density at radius 2 is 1.51 bits per heavy atom. The van der Waals surface area contributed by atoms with Crippen LogP contribution in [0.4, 0.5) is 5.69 Å². The molecule has 0 heterocycles. The molecular weight excluding hydrogens is 689 g/mol. The Kier molecular flexibility index (Phi) is 12.5. The summed E-state index contributed by atoms with van der Waals surface area (Å²) in [5.41, 5.74) is 0.622. The van der Waals surface area contributed by atoms with Crippen molar-refractivity contribution < 1.29 is 32.2 Å². The van der Waals surface area contributed by atoms with E-state index in [4.69, 9.17) is 49.0 Å². The fraction of sp³-hybridized carbons (Fsp3) is 0.394. The van der Waals surface area contributed by atoms with Gasteiger partial charge in [-0.1, -0.05) is 60.1 Å². The van der Waals surface area contributed by atoms with Crippen LogP contribution < -0.4 is 23.8 Å². The van der Waals surface area contributed by atoms with E-state index in [1.165, 1.54) is 56.6 Å². The SMILES string of the molecule is COc1ccc(S(=O)(=O)N(CC(=O)N(Cc2ccc(Cl)c(Cl)c2)C(C)C(=O)NC2CCCCC2)c2cc(Cl)ccc2OC)cc1OC. The molecule has 0 aliphatic heterocycles. The van der Waals surface area contributed by atoms with Crippen molar-refractivity contribution in [3.05, 3.63) is 75.2 Å². The van der Waals surface area contributed by atoms with E-state index in [1.54, 1.807) is 31.2 Å². The van der Waals surface area contributed by atoms with Gasteiger partial charge in [0.1, 0.15) is 18.3 Å². The summed E-state index contributed by atoms with van der Waals surface area (Å²) >= 11 is 18.8. The Bertz CT molecular complexity index is 1700. The van der Waals surface area contributed by atoms with Crippen LogP contribution in [0.15, 0.2) is 59.5 Å². The lowest BCUT2D eigenvalue weighted by Crippen LogP contribution is -2.53. The van der Waals surface area contributed by atoms with Gasteiger partial charge in [-0.25, -0.2) is 8.42 Å². The second-order valence-corrected chi connectivity index (χ2v) is 14.2. The molecule has 1 aliphatic rings. The molecular formula is C33H38Cl3N3O7S. The van der Waals surface area contributed by atoms with Crippen LogP contribution in [0.2, 0.25) is 15.1 Å². The molecule has 3 aromatic carbocycles. The molecule has 0 aromatic heterocycles. The van der Waals surface area contributed by atoms with Crippen molar-refractivity contribution in [2.75, 3.05) is 32.2 Å². The first kappa shape index (κ1) is 36.5. The lowest BCUT2D eigenvalue weighted by atomic mass is 9.95. The van der Waals surface area contributed by atoms with Crippen molar-refractivity contribution in [1.82, 2.24) is 10.2 Å². The maximum Gasteiger partial charge on any atom is 0.265 e. The van der Waals surface area contributed by atoms with E-state index in [1.807, 2.05) is 0 Å². The summed E-state index contributed by atoms with van der Waals surface area (Å²) in [6, 6.07) is 12.5. The average molecular weight is 727 g/mol. The summed E-state index contributed by atoms with van der Waals surface area (Å²) in [5.74, 6) is -0.356. The summed E-state index contributed by atoms with van der Waals surface area (Å²) in [7, 11) is -0.274. The number of anilines is 1. The molecule has 10 nitrogen and oxygen atoms in total. The smallest absolute Gasteiger partial charge is 0.265 e. The molecule has 1 atom stereocenters. The number of hydrogen-bond acceptors (Lipinski definition) is 7. The predicted molar refractivity (Wildman–Crippen MR) is 184 cm³/mol. The monoisotopic (exact) mass is 725 g/mol. The van der Waals surface area contributed by atoms with Crippen molar-refractivity contribution in [2.45, 2.75) is 62.6 Å². The Hall–Kier alpha value is -3.38. The van der Waals surface area contributed by atoms with E-state index in [-0.39, 0.29) is 50.6 Å². The number of benzene rings is 3. The van der Waals surface area contributed by atoms with Gasteiger partial charge in [0.2, 0.25) is 11.8 Å². The predicted octanol–water partition coefficient (Wildman–Crippen LogP) is 6.73. The second kappa shape index (κ2) is 16.1. The fourth-order valence-electron chi connectivity index (χ4n) is 5.46. The normalized spacial score (nSPS) is 14.2. The maximum absolute atomic E-state index is 14.4. The van der Waals surface area contributed by atoms with Crippen molar-refractivity contribution >= 4 is 62.3 Å². The quantitative estimate of drug-likeness (QED) is 0.208. The van der Waals surface area contributed by atoms with Crippen LogP contribution in [0.1, 0.15) is 44.6 Å². The average Bonchev–Trinajstić information content (AvgIpc) is 3.07. The molecule has 254 valence electrons. The zero-order valence-corrected chi connectivity index (χ0v) is 29.7. The van der Waals surface area contributed by atoms with Crippen LogP contribution in [-0.2, 0) is 26.2 Å². The van der Waals surface area contributed by atoms with Gasteiger partial charge in [-0.05, 0) is 67.8 Å². The highest BCUT2D eigenvalue weighted by Gasteiger charge is 2.35. The summed E-state index contributed by atoms with van der Waals surface area (Å²) in [5, 5.41) is 3.90. The topological polar surface area (TPSA) is 114 Å². The molecule has 3 aromatic rings. The molecule has 2 amide bonds. The Labute approximate surface area is 290 Å². The maximum atomic E-state index is 14.4. The Morgan fingerprint density at radius 1 is 0.851 bits per heavy atom. The van der Waals surface area contributed by atoms with Gasteiger partial charge in [-0.2, -0.15) is 0 Å². The molecule has 0 spiro atoms. The van der Waals surface area contributed by atoms with Crippen LogP contribution in [0, 0.1) is 0 Å². The third-order valence-electron chi connectivity index (χ3n) is 8.09. The molecule has 47 heavy (non-hydrogen) atoms. The molecule has 1 N–H and O–H groups in total. The summed E-state index contributed by atoms with van der Waals surface area (Å²) in [6.07, 6.45) is 4.84. The third kappa shape index (κ3) is 8.76. The summed E-state index contributed by atoms with van der Waals surface area (Å²) < 4.78 is 45.8. The Morgan fingerprint density at radius 3 is 2.15 bits per heavy atom. The third-order valence-corrected chi connectivity index (χ3v) is 10.8. The van der Waals surface area contributed by atoms with Crippen molar-refractivity contribution in [2.24, 2.45) is 0 Å². The molecule has 1 saturated carbocycles. The van der Waals surface area contributed by atoms with Crippen LogP contribution in [0.25, 0.3) is 0 Å². The molecule has 4 rings (SSSR count). The number of amides is 2. The van der Waals surface area contributed by atoms with Crippen LogP contribution in [-0.4, -0.2) is 65.1 Å². The number of rotatable bonds is 13. The molecule has 1 fully saturated rings. The number of nitrogens with one attached hydrogen (secondary N) is 1. The lowest BCUT2D eigenvalue weighted by Gasteiger charge is -2.33. The number of hydrogen-bond donors (Lipinski definition) is 1. The highest BCUT2D eigenvalue weighted by Crippen LogP contribution is 2.37. The van der Waals surface area contributed by atoms with E-state index in [0.717, 1.165) is 36.4 Å². The minimum Gasteiger partial charge on any atom is -0.495 e. The number of sulfonamides is 1. The van der Waals surface area contributed by atoms with Crippen LogP contribution >= 0.6 is 34.8 Å². The first-order chi connectivity index (χ1) is 22.4. The molecule has 1 unspecified atom stereocenters. The van der Waals surface area contributed by atoms with Gasteiger partial charge in [-0.15, -0.1) is 0 Å². The van der Waals surface area contributed by atoms with Gasteiger partial charge in [-0.3, -0.25) is 13.9 Å². The van der Waals surface area contributed by atoms with Crippen LogP contribution in [0.3, 0.4) is 0 Å². The number of methoxy groups -OCH3 is 3. The highest BCUT2D eigenvalue weighted by molar-refractivity contribution is 7.92. The van der Waals surface area contributed by atoms with Gasteiger partial charge < -0.3 is 24.4 Å². The number of carbonyl (C=O) groups is 2. The minimum absolute atomic E-state index is 0.00159. The number of carbonyl (C=O) groups excluding carboxylic acids is 2. The number of ether oxygens (including phenoxy) is 3. The first-order valence-corrected chi connectivity index (χ1v) is 17.6. The Balaban J connectivity index is 1.78. The van der Waals surface area contributed by atoms with E-state index >= 15 is 0 Å². The molecule has 0 bridgehead atoms. The van der Waals surface area contributed by atoms with Crippen molar-refractivity contribution in [1.29, 1.82) is 0 Å². The minimum atomic E-state index is -4.47. The van der Waals surface area contributed by atoms with Gasteiger partial charge >= 0.3 is 0 Å². The van der Waals surface area contributed by atoms with Gasteiger partial charge in [0.25, 0.3) is 10.0 Å². The molecule has 14 heteroatoms. The first-order valence-electron chi connectivity index (χ1n) is 15.0. The number of nitrogens with zero attached hydrogens (tertiary/aromatic N) is 2. The molecule has 1 aliphatic carbocycles. The fourth-order valence-corrected chi connectivity index (χ4v) is 7.38. The number of halogens is 3. The zero-order valence-electron chi connectivity index (χ0n) is 26.6. The largest absolute Gasteiger partial charge is 0.495 e. The highest BCUT2D eigenvalue weighted by atomic mass is 35.5. The van der Waals surface area contributed by atoms with Gasteiger partial charge in [0.15, 0.2) is 11.5 Å². The van der Waals surface area contributed by atoms with E-state index in [9.17, 15) is 18.0 Å².